The molecule has 0 aliphatic heterocycles. The van der Waals surface area contributed by atoms with Gasteiger partial charge in [0.25, 0.3) is 0 Å². The molecule has 0 spiro atoms. The van der Waals surface area contributed by atoms with Crippen molar-refractivity contribution in [2.45, 2.75) is 6.42 Å². The standard InChI is InChI=1S/C12H8BrFN2O/c13-9-2-1-8(10(14)6-9)5-12(17)11-7-15-3-4-16-11/h1-4,6-7H,5H2. The summed E-state index contributed by atoms with van der Waals surface area (Å²) in [6, 6.07) is 4.61. The Morgan fingerprint density at radius 1 is 1.35 bits per heavy atom. The maximum absolute atomic E-state index is 13.5. The lowest BCUT2D eigenvalue weighted by Gasteiger charge is -2.02. The fourth-order valence-electron chi connectivity index (χ4n) is 1.37. The van der Waals surface area contributed by atoms with Gasteiger partial charge in [0.2, 0.25) is 0 Å². The fourth-order valence-corrected chi connectivity index (χ4v) is 1.70. The molecule has 0 aliphatic carbocycles. The van der Waals surface area contributed by atoms with Crippen LogP contribution in [-0.4, -0.2) is 15.8 Å². The Balaban J connectivity index is 2.19. The van der Waals surface area contributed by atoms with Crippen LogP contribution in [-0.2, 0) is 6.42 Å². The van der Waals surface area contributed by atoms with Crippen LogP contribution >= 0.6 is 15.9 Å². The highest BCUT2D eigenvalue weighted by Crippen LogP contribution is 2.16. The maximum Gasteiger partial charge on any atom is 0.187 e. The minimum Gasteiger partial charge on any atom is -0.292 e. The van der Waals surface area contributed by atoms with E-state index in [1.165, 1.54) is 24.7 Å². The van der Waals surface area contributed by atoms with E-state index in [2.05, 4.69) is 25.9 Å². The molecule has 2 aromatic rings. The summed E-state index contributed by atoms with van der Waals surface area (Å²) in [5, 5.41) is 0. The lowest BCUT2D eigenvalue weighted by atomic mass is 10.1. The van der Waals surface area contributed by atoms with Crippen molar-refractivity contribution in [2.24, 2.45) is 0 Å². The number of hydrogen-bond donors (Lipinski definition) is 0. The number of hydrogen-bond acceptors (Lipinski definition) is 3. The highest BCUT2D eigenvalue weighted by Gasteiger charge is 2.11. The van der Waals surface area contributed by atoms with Gasteiger partial charge in [0.05, 0.1) is 6.20 Å². The zero-order valence-electron chi connectivity index (χ0n) is 8.73. The topological polar surface area (TPSA) is 42.9 Å². The van der Waals surface area contributed by atoms with Crippen molar-refractivity contribution in [1.82, 2.24) is 9.97 Å². The number of carbonyl (C=O) groups excluding carboxylic acids is 1. The van der Waals surface area contributed by atoms with Gasteiger partial charge in [-0.05, 0) is 17.7 Å². The van der Waals surface area contributed by atoms with Crippen molar-refractivity contribution in [3.63, 3.8) is 0 Å². The quantitative estimate of drug-likeness (QED) is 0.818. The van der Waals surface area contributed by atoms with Crippen molar-refractivity contribution >= 4 is 21.7 Å². The second kappa shape index (κ2) is 5.14. The van der Waals surface area contributed by atoms with Crippen molar-refractivity contribution < 1.29 is 9.18 Å². The Kier molecular flexibility index (Phi) is 3.58. The molecule has 0 saturated carbocycles. The summed E-state index contributed by atoms with van der Waals surface area (Å²) in [5.41, 5.74) is 0.596. The Morgan fingerprint density at radius 3 is 2.82 bits per heavy atom. The minimum atomic E-state index is -0.406. The van der Waals surface area contributed by atoms with Crippen LogP contribution in [0.5, 0.6) is 0 Å². The number of halogens is 2. The van der Waals surface area contributed by atoms with E-state index in [9.17, 15) is 9.18 Å². The summed E-state index contributed by atoms with van der Waals surface area (Å²) in [4.78, 5) is 19.4. The first-order chi connectivity index (χ1) is 8.16. The van der Waals surface area contributed by atoms with Crippen LogP contribution in [0.3, 0.4) is 0 Å². The predicted octanol–water partition coefficient (Wildman–Crippen LogP) is 2.80. The average Bonchev–Trinajstić information content (AvgIpc) is 2.34. The van der Waals surface area contributed by atoms with Crippen molar-refractivity contribution in [2.75, 3.05) is 0 Å². The first-order valence-corrected chi connectivity index (χ1v) is 5.69. The van der Waals surface area contributed by atoms with Crippen molar-refractivity contribution in [3.05, 3.63) is 58.3 Å². The van der Waals surface area contributed by atoms with Crippen LogP contribution in [0.25, 0.3) is 0 Å². The molecule has 0 aliphatic rings. The summed E-state index contributed by atoms with van der Waals surface area (Å²) in [7, 11) is 0. The van der Waals surface area contributed by atoms with Gasteiger partial charge in [0.1, 0.15) is 11.5 Å². The van der Waals surface area contributed by atoms with E-state index in [0.29, 0.717) is 10.0 Å². The Bertz CT molecular complexity index is 545. The lowest BCUT2D eigenvalue weighted by molar-refractivity contribution is 0.0986. The number of ketones is 1. The van der Waals surface area contributed by atoms with Crippen molar-refractivity contribution in [1.29, 1.82) is 0 Å². The summed E-state index contributed by atoms with van der Waals surface area (Å²) in [6.45, 7) is 0. The van der Waals surface area contributed by atoms with Crippen LogP contribution in [0.2, 0.25) is 0 Å². The molecule has 0 radical (unpaired) electrons. The largest absolute Gasteiger partial charge is 0.292 e. The molecule has 0 saturated heterocycles. The summed E-state index contributed by atoms with van der Waals surface area (Å²) in [5.74, 6) is -0.657. The number of Topliss-reactive ketones (excluding diaryl/α,β-unsaturated/α-hetero) is 1. The molecule has 0 bridgehead atoms. The number of aromatic nitrogens is 2. The Hall–Kier alpha value is -1.62. The van der Waals surface area contributed by atoms with E-state index >= 15 is 0 Å². The molecule has 5 heteroatoms. The first-order valence-electron chi connectivity index (χ1n) is 4.90. The predicted molar refractivity (Wildman–Crippen MR) is 64.2 cm³/mol. The molecule has 3 nitrogen and oxygen atoms in total. The van der Waals surface area contributed by atoms with Gasteiger partial charge in [-0.25, -0.2) is 9.37 Å². The molecule has 0 N–H and O–H groups in total. The number of rotatable bonds is 3. The fraction of sp³-hybridized carbons (Fsp3) is 0.0833. The third-order valence-electron chi connectivity index (χ3n) is 2.21. The van der Waals surface area contributed by atoms with Gasteiger partial charge >= 0.3 is 0 Å². The second-order valence-corrected chi connectivity index (χ2v) is 4.34. The molecule has 1 aromatic carbocycles. The van der Waals surface area contributed by atoms with Gasteiger partial charge in [0, 0.05) is 23.3 Å². The minimum absolute atomic E-state index is 0.0161. The van der Waals surface area contributed by atoms with E-state index < -0.39 is 5.82 Å². The molecule has 2 rings (SSSR count). The van der Waals surface area contributed by atoms with Gasteiger partial charge in [-0.1, -0.05) is 22.0 Å². The van der Waals surface area contributed by atoms with Crippen LogP contribution in [0, 0.1) is 5.82 Å². The number of carbonyl (C=O) groups is 1. The lowest BCUT2D eigenvalue weighted by Crippen LogP contribution is -2.07. The highest BCUT2D eigenvalue weighted by molar-refractivity contribution is 9.10. The molecule has 17 heavy (non-hydrogen) atoms. The maximum atomic E-state index is 13.5. The molecule has 0 amide bonds. The number of nitrogens with zero attached hydrogens (tertiary/aromatic N) is 2. The highest BCUT2D eigenvalue weighted by atomic mass is 79.9. The molecule has 0 atom stereocenters. The number of benzene rings is 1. The summed E-state index contributed by atoms with van der Waals surface area (Å²) < 4.78 is 14.2. The van der Waals surface area contributed by atoms with Crippen molar-refractivity contribution in [3.8, 4) is 0 Å². The van der Waals surface area contributed by atoms with Gasteiger partial charge in [-0.2, -0.15) is 0 Å². The molecular weight excluding hydrogens is 287 g/mol. The van der Waals surface area contributed by atoms with Gasteiger partial charge < -0.3 is 0 Å². The van der Waals surface area contributed by atoms with E-state index in [0.717, 1.165) is 0 Å². The van der Waals surface area contributed by atoms with E-state index in [1.807, 2.05) is 0 Å². The smallest absolute Gasteiger partial charge is 0.187 e. The van der Waals surface area contributed by atoms with E-state index in [4.69, 9.17) is 0 Å². The SMILES string of the molecule is O=C(Cc1ccc(Br)cc1F)c1cnccn1. The molecular formula is C12H8BrFN2O. The molecule has 86 valence electrons. The summed E-state index contributed by atoms with van der Waals surface area (Å²) in [6.07, 6.45) is 4.28. The van der Waals surface area contributed by atoms with Crippen LogP contribution < -0.4 is 0 Å². The van der Waals surface area contributed by atoms with Gasteiger partial charge in [0.15, 0.2) is 5.78 Å². The summed E-state index contributed by atoms with van der Waals surface area (Å²) >= 11 is 3.16. The van der Waals surface area contributed by atoms with Crippen LogP contribution in [0.15, 0.2) is 41.3 Å². The third-order valence-corrected chi connectivity index (χ3v) is 2.71. The normalized spacial score (nSPS) is 10.2. The van der Waals surface area contributed by atoms with Gasteiger partial charge in [-0.15, -0.1) is 0 Å². The molecule has 0 fully saturated rings. The first kappa shape index (κ1) is 11.9. The third kappa shape index (κ3) is 2.94. The monoisotopic (exact) mass is 294 g/mol. The Morgan fingerprint density at radius 2 is 2.18 bits per heavy atom. The molecule has 1 aromatic heterocycles. The van der Waals surface area contributed by atoms with Gasteiger partial charge in [-0.3, -0.25) is 9.78 Å². The zero-order valence-corrected chi connectivity index (χ0v) is 10.3. The van der Waals surface area contributed by atoms with E-state index in [-0.39, 0.29) is 17.9 Å². The second-order valence-electron chi connectivity index (χ2n) is 3.43. The molecule has 0 unspecified atom stereocenters. The molecule has 1 heterocycles. The average molecular weight is 295 g/mol. The zero-order chi connectivity index (χ0) is 12.3. The van der Waals surface area contributed by atoms with E-state index in [1.54, 1.807) is 12.1 Å². The van der Waals surface area contributed by atoms with Crippen LogP contribution in [0.4, 0.5) is 4.39 Å². The Labute approximate surface area is 106 Å². The van der Waals surface area contributed by atoms with Crippen LogP contribution in [0.1, 0.15) is 16.1 Å².